The number of rotatable bonds is 3. The third kappa shape index (κ3) is 2.58. The molecule has 1 aromatic rings. The molecule has 0 saturated heterocycles. The molecule has 3 rings (SSSR count). The standard InChI is InChI=1S/C16H21BrN2O/c1-9(13-7-10-2-3-11(13)6-10)19-16(20)14-8-12(17)4-5-15(14)18/h4-5,8-11,13H,2-3,6-7,18H2,1H3,(H,19,20). The quantitative estimate of drug-likeness (QED) is 0.828. The van der Waals surface area contributed by atoms with Gasteiger partial charge < -0.3 is 11.1 Å². The minimum absolute atomic E-state index is 0.0564. The van der Waals surface area contributed by atoms with Crippen molar-refractivity contribution in [3.05, 3.63) is 28.2 Å². The van der Waals surface area contributed by atoms with Crippen LogP contribution in [0.1, 0.15) is 43.0 Å². The zero-order valence-electron chi connectivity index (χ0n) is 11.7. The van der Waals surface area contributed by atoms with Crippen LogP contribution in [-0.4, -0.2) is 11.9 Å². The van der Waals surface area contributed by atoms with Gasteiger partial charge in [-0.1, -0.05) is 22.4 Å². The van der Waals surface area contributed by atoms with Crippen molar-refractivity contribution in [2.75, 3.05) is 5.73 Å². The molecule has 2 aliphatic carbocycles. The summed E-state index contributed by atoms with van der Waals surface area (Å²) in [7, 11) is 0. The van der Waals surface area contributed by atoms with E-state index in [1.54, 1.807) is 12.1 Å². The minimum atomic E-state index is -0.0564. The van der Waals surface area contributed by atoms with Crippen LogP contribution in [0.15, 0.2) is 22.7 Å². The van der Waals surface area contributed by atoms with Gasteiger partial charge >= 0.3 is 0 Å². The van der Waals surface area contributed by atoms with Crippen LogP contribution < -0.4 is 11.1 Å². The van der Waals surface area contributed by atoms with Gasteiger partial charge in [0.1, 0.15) is 0 Å². The van der Waals surface area contributed by atoms with E-state index in [1.165, 1.54) is 25.7 Å². The smallest absolute Gasteiger partial charge is 0.253 e. The van der Waals surface area contributed by atoms with E-state index in [0.717, 1.165) is 16.3 Å². The second kappa shape index (κ2) is 5.40. The summed E-state index contributed by atoms with van der Waals surface area (Å²) in [6, 6.07) is 5.64. The Balaban J connectivity index is 1.68. The van der Waals surface area contributed by atoms with E-state index in [0.29, 0.717) is 17.2 Å². The molecular formula is C16H21BrN2O. The van der Waals surface area contributed by atoms with Crippen LogP contribution >= 0.6 is 15.9 Å². The molecule has 108 valence electrons. The summed E-state index contributed by atoms with van der Waals surface area (Å²) in [5, 5.41) is 3.15. The number of nitrogens with one attached hydrogen (secondary N) is 1. The number of hydrogen-bond donors (Lipinski definition) is 2. The lowest BCUT2D eigenvalue weighted by Crippen LogP contribution is -2.40. The zero-order valence-corrected chi connectivity index (χ0v) is 13.3. The molecule has 0 radical (unpaired) electrons. The number of carbonyl (C=O) groups is 1. The number of nitrogens with two attached hydrogens (primary N) is 1. The molecule has 0 aliphatic heterocycles. The highest BCUT2D eigenvalue weighted by atomic mass is 79.9. The molecule has 4 unspecified atom stereocenters. The number of anilines is 1. The number of hydrogen-bond acceptors (Lipinski definition) is 2. The first-order valence-corrected chi connectivity index (χ1v) is 8.19. The second-order valence-corrected chi connectivity index (χ2v) is 7.25. The third-order valence-corrected chi connectivity index (χ3v) is 5.55. The fourth-order valence-corrected chi connectivity index (χ4v) is 4.38. The monoisotopic (exact) mass is 336 g/mol. The molecule has 0 heterocycles. The van der Waals surface area contributed by atoms with Gasteiger partial charge in [0.2, 0.25) is 0 Å². The van der Waals surface area contributed by atoms with Crippen molar-refractivity contribution in [3.8, 4) is 0 Å². The lowest BCUT2D eigenvalue weighted by molar-refractivity contribution is 0.0916. The van der Waals surface area contributed by atoms with Crippen LogP contribution in [0.5, 0.6) is 0 Å². The summed E-state index contributed by atoms with van der Waals surface area (Å²) in [5.41, 5.74) is 7.00. The molecule has 3 N–H and O–H groups in total. The topological polar surface area (TPSA) is 55.1 Å². The Bertz CT molecular complexity index is 531. The van der Waals surface area contributed by atoms with Crippen LogP contribution in [0.4, 0.5) is 5.69 Å². The summed E-state index contributed by atoms with van der Waals surface area (Å²) in [6.45, 7) is 2.14. The van der Waals surface area contributed by atoms with E-state index in [9.17, 15) is 4.79 Å². The van der Waals surface area contributed by atoms with E-state index in [4.69, 9.17) is 5.73 Å². The van der Waals surface area contributed by atoms with Crippen molar-refractivity contribution >= 4 is 27.5 Å². The van der Waals surface area contributed by atoms with Crippen molar-refractivity contribution in [2.45, 2.75) is 38.6 Å². The molecule has 2 fully saturated rings. The number of nitrogen functional groups attached to an aromatic ring is 1. The third-order valence-electron chi connectivity index (χ3n) is 5.05. The molecular weight excluding hydrogens is 316 g/mol. The predicted molar refractivity (Wildman–Crippen MR) is 84.4 cm³/mol. The van der Waals surface area contributed by atoms with Gasteiger partial charge in [-0.15, -0.1) is 0 Å². The molecule has 2 saturated carbocycles. The van der Waals surface area contributed by atoms with Crippen molar-refractivity contribution in [1.82, 2.24) is 5.32 Å². The average Bonchev–Trinajstić information content (AvgIpc) is 3.03. The molecule has 4 atom stereocenters. The molecule has 2 bridgehead atoms. The highest BCUT2D eigenvalue weighted by Crippen LogP contribution is 2.49. The molecule has 2 aliphatic rings. The van der Waals surface area contributed by atoms with Crippen LogP contribution in [0.3, 0.4) is 0 Å². The van der Waals surface area contributed by atoms with E-state index >= 15 is 0 Å². The molecule has 4 heteroatoms. The van der Waals surface area contributed by atoms with Crippen LogP contribution in [0.25, 0.3) is 0 Å². The van der Waals surface area contributed by atoms with E-state index < -0.39 is 0 Å². The Morgan fingerprint density at radius 1 is 1.40 bits per heavy atom. The summed E-state index contributed by atoms with van der Waals surface area (Å²) < 4.78 is 0.879. The molecule has 0 aromatic heterocycles. The van der Waals surface area contributed by atoms with Gasteiger partial charge in [-0.25, -0.2) is 0 Å². The summed E-state index contributed by atoms with van der Waals surface area (Å²) >= 11 is 3.39. The number of benzene rings is 1. The van der Waals surface area contributed by atoms with Crippen molar-refractivity contribution in [2.24, 2.45) is 17.8 Å². The van der Waals surface area contributed by atoms with Gasteiger partial charge in [-0.3, -0.25) is 4.79 Å². The number of halogens is 1. The lowest BCUT2D eigenvalue weighted by atomic mass is 9.84. The normalized spacial score (nSPS) is 29.4. The van der Waals surface area contributed by atoms with Crippen molar-refractivity contribution in [3.63, 3.8) is 0 Å². The molecule has 20 heavy (non-hydrogen) atoms. The fraction of sp³-hybridized carbons (Fsp3) is 0.562. The summed E-state index contributed by atoms with van der Waals surface area (Å²) in [6.07, 6.45) is 5.37. The fourth-order valence-electron chi connectivity index (χ4n) is 4.02. The van der Waals surface area contributed by atoms with Crippen LogP contribution in [0.2, 0.25) is 0 Å². The van der Waals surface area contributed by atoms with Gasteiger partial charge in [0.15, 0.2) is 0 Å². The number of carbonyl (C=O) groups excluding carboxylic acids is 1. The Morgan fingerprint density at radius 2 is 2.20 bits per heavy atom. The molecule has 1 aromatic carbocycles. The summed E-state index contributed by atoms with van der Waals surface area (Å²) in [5.74, 6) is 2.31. The van der Waals surface area contributed by atoms with Gasteiger partial charge in [0.25, 0.3) is 5.91 Å². The molecule has 1 amide bonds. The van der Waals surface area contributed by atoms with Crippen molar-refractivity contribution in [1.29, 1.82) is 0 Å². The first-order chi connectivity index (χ1) is 9.54. The Labute approximate surface area is 128 Å². The maximum Gasteiger partial charge on any atom is 0.253 e. The highest BCUT2D eigenvalue weighted by Gasteiger charge is 2.42. The maximum atomic E-state index is 12.4. The highest BCUT2D eigenvalue weighted by molar-refractivity contribution is 9.10. The first kappa shape index (κ1) is 13.9. The Kier molecular flexibility index (Phi) is 3.76. The second-order valence-electron chi connectivity index (χ2n) is 6.33. The van der Waals surface area contributed by atoms with E-state index in [1.807, 2.05) is 6.07 Å². The molecule has 0 spiro atoms. The Morgan fingerprint density at radius 3 is 2.85 bits per heavy atom. The summed E-state index contributed by atoms with van der Waals surface area (Å²) in [4.78, 5) is 12.4. The number of fused-ring (bicyclic) bond motifs is 2. The molecule has 3 nitrogen and oxygen atoms in total. The van der Waals surface area contributed by atoms with Crippen LogP contribution in [0, 0.1) is 17.8 Å². The maximum absolute atomic E-state index is 12.4. The van der Waals surface area contributed by atoms with Crippen molar-refractivity contribution < 1.29 is 4.79 Å². The average molecular weight is 337 g/mol. The van der Waals surface area contributed by atoms with Gasteiger partial charge in [0, 0.05) is 16.2 Å². The Hall–Kier alpha value is -1.03. The predicted octanol–water partition coefficient (Wildman–Crippen LogP) is 3.59. The largest absolute Gasteiger partial charge is 0.398 e. The van der Waals surface area contributed by atoms with E-state index in [2.05, 4.69) is 28.2 Å². The SMILES string of the molecule is CC(NC(=O)c1cc(Br)ccc1N)C1CC2CCC1C2. The lowest BCUT2D eigenvalue weighted by Gasteiger charge is -2.28. The first-order valence-electron chi connectivity index (χ1n) is 7.40. The van der Waals surface area contributed by atoms with Gasteiger partial charge in [-0.05, 0) is 62.1 Å². The zero-order chi connectivity index (χ0) is 14.3. The minimum Gasteiger partial charge on any atom is -0.398 e. The van der Waals surface area contributed by atoms with Gasteiger partial charge in [0.05, 0.1) is 5.56 Å². The van der Waals surface area contributed by atoms with Gasteiger partial charge in [-0.2, -0.15) is 0 Å². The number of amides is 1. The van der Waals surface area contributed by atoms with E-state index in [-0.39, 0.29) is 11.9 Å². The van der Waals surface area contributed by atoms with Crippen LogP contribution in [-0.2, 0) is 0 Å².